The second-order valence-corrected chi connectivity index (χ2v) is 4.26. The van der Waals surface area contributed by atoms with Gasteiger partial charge in [-0.25, -0.2) is 4.79 Å². The summed E-state index contributed by atoms with van der Waals surface area (Å²) in [6.45, 7) is 0. The topological polar surface area (TPSA) is 87.1 Å². The van der Waals surface area contributed by atoms with E-state index < -0.39 is 17.0 Å². The number of aryl methyl sites for hydroxylation is 1. The Kier molecular flexibility index (Phi) is 3.08. The first kappa shape index (κ1) is 12.8. The van der Waals surface area contributed by atoms with Crippen LogP contribution in [0.3, 0.4) is 0 Å². The molecule has 1 heterocycles. The largest absolute Gasteiger partial charge is 0.399 e. The van der Waals surface area contributed by atoms with E-state index in [1.54, 1.807) is 18.2 Å². The first-order valence-electron chi connectivity index (χ1n) is 5.58. The molecule has 0 radical (unpaired) electrons. The first-order chi connectivity index (χ1) is 8.91. The van der Waals surface area contributed by atoms with Crippen LogP contribution in [0.1, 0.15) is 15.9 Å². The molecule has 0 amide bonds. The van der Waals surface area contributed by atoms with Crippen molar-refractivity contribution in [1.82, 2.24) is 9.13 Å². The predicted octanol–water partition coefficient (Wildman–Crippen LogP) is -0.103. The summed E-state index contributed by atoms with van der Waals surface area (Å²) in [5.41, 5.74) is 5.21. The summed E-state index contributed by atoms with van der Waals surface area (Å²) < 4.78 is 2.10. The van der Waals surface area contributed by atoms with Gasteiger partial charge in [0.05, 0.1) is 0 Å². The van der Waals surface area contributed by atoms with Crippen LogP contribution in [0, 0.1) is 0 Å². The lowest BCUT2D eigenvalue weighted by atomic mass is 10.1. The summed E-state index contributed by atoms with van der Waals surface area (Å²) in [4.78, 5) is 35.7. The lowest BCUT2D eigenvalue weighted by Gasteiger charge is -2.06. The predicted molar refractivity (Wildman–Crippen MR) is 71.2 cm³/mol. The number of hydrogen-bond acceptors (Lipinski definition) is 4. The van der Waals surface area contributed by atoms with Crippen molar-refractivity contribution in [3.63, 3.8) is 0 Å². The van der Waals surface area contributed by atoms with E-state index in [0.717, 1.165) is 4.57 Å². The lowest BCUT2D eigenvalue weighted by molar-refractivity contribution is 0.103. The highest BCUT2D eigenvalue weighted by Crippen LogP contribution is 2.10. The molecule has 1 aromatic heterocycles. The van der Waals surface area contributed by atoms with E-state index in [9.17, 15) is 14.4 Å². The fourth-order valence-corrected chi connectivity index (χ4v) is 1.80. The fourth-order valence-electron chi connectivity index (χ4n) is 1.80. The van der Waals surface area contributed by atoms with Gasteiger partial charge in [-0.2, -0.15) is 0 Å². The molecule has 6 nitrogen and oxygen atoms in total. The van der Waals surface area contributed by atoms with E-state index in [1.165, 1.54) is 30.9 Å². The smallest absolute Gasteiger partial charge is 0.330 e. The molecule has 0 saturated carbocycles. The number of ketones is 1. The Hall–Kier alpha value is -2.63. The van der Waals surface area contributed by atoms with Crippen molar-refractivity contribution in [2.75, 3.05) is 5.73 Å². The molecule has 2 aromatic rings. The molecule has 6 heteroatoms. The summed E-state index contributed by atoms with van der Waals surface area (Å²) in [6.07, 6.45) is 1.25. The summed E-state index contributed by atoms with van der Waals surface area (Å²) >= 11 is 0. The molecule has 0 aliphatic carbocycles. The molecule has 0 fully saturated rings. The molecule has 0 aliphatic heterocycles. The molecule has 0 spiro atoms. The Morgan fingerprint density at radius 2 is 1.89 bits per heavy atom. The van der Waals surface area contributed by atoms with Gasteiger partial charge < -0.3 is 10.3 Å². The number of benzene rings is 1. The quantitative estimate of drug-likeness (QED) is 0.602. The van der Waals surface area contributed by atoms with Gasteiger partial charge in [-0.3, -0.25) is 14.2 Å². The van der Waals surface area contributed by atoms with Crippen LogP contribution in [0.4, 0.5) is 5.69 Å². The average Bonchev–Trinajstić information content (AvgIpc) is 2.40. The number of hydrogen-bond donors (Lipinski definition) is 1. The molecular weight excluding hydrogens is 246 g/mol. The maximum Gasteiger partial charge on any atom is 0.330 e. The van der Waals surface area contributed by atoms with Crippen LogP contribution in [-0.2, 0) is 14.1 Å². The van der Waals surface area contributed by atoms with Gasteiger partial charge in [0.2, 0.25) is 0 Å². The number of aromatic nitrogens is 2. The summed E-state index contributed by atoms with van der Waals surface area (Å²) in [5, 5.41) is 0. The molecule has 98 valence electrons. The van der Waals surface area contributed by atoms with Gasteiger partial charge in [0.1, 0.15) is 5.56 Å². The number of nitrogens with zero attached hydrogens (tertiary/aromatic N) is 2. The molecule has 0 aliphatic rings. The number of nitrogens with two attached hydrogens (primary N) is 1. The Balaban J connectivity index is 2.64. The van der Waals surface area contributed by atoms with Crippen molar-refractivity contribution in [3.8, 4) is 0 Å². The molecule has 2 N–H and O–H groups in total. The van der Waals surface area contributed by atoms with Crippen LogP contribution in [0.25, 0.3) is 0 Å². The highest BCUT2D eigenvalue weighted by Gasteiger charge is 2.16. The highest BCUT2D eigenvalue weighted by atomic mass is 16.2. The van der Waals surface area contributed by atoms with E-state index >= 15 is 0 Å². The Labute approximate surface area is 108 Å². The second-order valence-electron chi connectivity index (χ2n) is 4.26. The van der Waals surface area contributed by atoms with Crippen molar-refractivity contribution >= 4 is 11.5 Å². The van der Waals surface area contributed by atoms with Gasteiger partial charge in [0.25, 0.3) is 5.56 Å². The average molecular weight is 259 g/mol. The van der Waals surface area contributed by atoms with E-state index in [0.29, 0.717) is 11.3 Å². The van der Waals surface area contributed by atoms with Gasteiger partial charge in [-0.1, -0.05) is 12.1 Å². The van der Waals surface area contributed by atoms with Crippen molar-refractivity contribution in [2.45, 2.75) is 0 Å². The third kappa shape index (κ3) is 2.20. The minimum absolute atomic E-state index is 0.0600. The van der Waals surface area contributed by atoms with Crippen LogP contribution < -0.4 is 17.0 Å². The highest BCUT2D eigenvalue weighted by molar-refractivity contribution is 6.09. The zero-order valence-electron chi connectivity index (χ0n) is 10.6. The zero-order valence-corrected chi connectivity index (χ0v) is 10.6. The number of anilines is 1. The molecule has 0 saturated heterocycles. The number of rotatable bonds is 2. The second kappa shape index (κ2) is 4.56. The number of carbonyl (C=O) groups is 1. The minimum Gasteiger partial charge on any atom is -0.399 e. The minimum atomic E-state index is -0.615. The van der Waals surface area contributed by atoms with E-state index in [4.69, 9.17) is 5.73 Å². The van der Waals surface area contributed by atoms with Crippen LogP contribution in [0.2, 0.25) is 0 Å². The van der Waals surface area contributed by atoms with Gasteiger partial charge in [-0.15, -0.1) is 0 Å². The van der Waals surface area contributed by atoms with Crippen molar-refractivity contribution in [2.24, 2.45) is 14.1 Å². The van der Waals surface area contributed by atoms with E-state index in [-0.39, 0.29) is 5.56 Å². The third-order valence-corrected chi connectivity index (χ3v) is 2.84. The van der Waals surface area contributed by atoms with Gasteiger partial charge in [-0.05, 0) is 12.1 Å². The molecule has 0 bridgehead atoms. The number of carbonyl (C=O) groups excluding carboxylic acids is 1. The van der Waals surface area contributed by atoms with Crippen LogP contribution in [0.15, 0.2) is 40.1 Å². The maximum absolute atomic E-state index is 12.3. The molecule has 0 atom stereocenters. The van der Waals surface area contributed by atoms with E-state index in [1.807, 2.05) is 0 Å². The molecule has 1 aromatic carbocycles. The lowest BCUT2D eigenvalue weighted by Crippen LogP contribution is -2.39. The van der Waals surface area contributed by atoms with Gasteiger partial charge in [0, 0.05) is 31.5 Å². The molecule has 2 rings (SSSR count). The van der Waals surface area contributed by atoms with Crippen LogP contribution in [-0.4, -0.2) is 14.9 Å². The van der Waals surface area contributed by atoms with Crippen LogP contribution >= 0.6 is 0 Å². The SMILES string of the molecule is Cn1cc(C(=O)c2cccc(N)c2)c(=O)n(C)c1=O. The Morgan fingerprint density at radius 3 is 2.53 bits per heavy atom. The molecular formula is C13H13N3O3. The molecule has 0 unspecified atom stereocenters. The van der Waals surface area contributed by atoms with Crippen LogP contribution in [0.5, 0.6) is 0 Å². The Morgan fingerprint density at radius 1 is 1.21 bits per heavy atom. The van der Waals surface area contributed by atoms with Gasteiger partial charge >= 0.3 is 5.69 Å². The summed E-state index contributed by atoms with van der Waals surface area (Å²) in [6, 6.07) is 6.35. The monoisotopic (exact) mass is 259 g/mol. The number of nitrogen functional groups attached to an aromatic ring is 1. The third-order valence-electron chi connectivity index (χ3n) is 2.84. The Bertz CT molecular complexity index is 771. The zero-order chi connectivity index (χ0) is 14.2. The first-order valence-corrected chi connectivity index (χ1v) is 5.58. The van der Waals surface area contributed by atoms with Crippen molar-refractivity contribution in [3.05, 3.63) is 62.4 Å². The fraction of sp³-hybridized carbons (Fsp3) is 0.154. The van der Waals surface area contributed by atoms with Crippen molar-refractivity contribution < 1.29 is 4.79 Å². The summed E-state index contributed by atoms with van der Waals surface area (Å²) in [5.74, 6) is -0.455. The van der Waals surface area contributed by atoms with Gasteiger partial charge in [0.15, 0.2) is 5.78 Å². The standard InChI is InChI=1S/C13H13N3O3/c1-15-7-10(12(18)16(2)13(15)19)11(17)8-4-3-5-9(14)6-8/h3-7H,14H2,1-2H3. The van der Waals surface area contributed by atoms with Crippen molar-refractivity contribution in [1.29, 1.82) is 0 Å². The normalized spacial score (nSPS) is 10.4. The van der Waals surface area contributed by atoms with E-state index in [2.05, 4.69) is 0 Å². The maximum atomic E-state index is 12.3. The summed E-state index contributed by atoms with van der Waals surface area (Å²) in [7, 11) is 2.82. The molecule has 19 heavy (non-hydrogen) atoms.